The first-order chi connectivity index (χ1) is 13.9. The molecule has 0 fully saturated rings. The second kappa shape index (κ2) is 15.6. The standard InChI is InChI=1S/2C14H13.2Li/c2*1-2-7-13(8-3-1)11-6-12-14-9-4-5-10-14;;/h2*1-11H,12H2;;/q2*-1;2*+1. The fourth-order valence-corrected chi connectivity index (χ4v) is 2.89. The summed E-state index contributed by atoms with van der Waals surface area (Å²) >= 11 is 0. The number of benzene rings is 2. The Morgan fingerprint density at radius 3 is 1.13 bits per heavy atom. The molecule has 0 unspecified atom stereocenters. The molecule has 0 aliphatic carbocycles. The fourth-order valence-electron chi connectivity index (χ4n) is 2.89. The van der Waals surface area contributed by atoms with Gasteiger partial charge >= 0.3 is 37.7 Å². The molecule has 0 aromatic heterocycles. The van der Waals surface area contributed by atoms with Crippen LogP contribution in [0.1, 0.15) is 22.3 Å². The van der Waals surface area contributed by atoms with Crippen molar-refractivity contribution in [2.24, 2.45) is 0 Å². The van der Waals surface area contributed by atoms with Gasteiger partial charge in [0.05, 0.1) is 0 Å². The third-order valence-electron chi connectivity index (χ3n) is 4.39. The smallest absolute Gasteiger partial charge is 0.213 e. The Hall–Kier alpha value is -2.19. The van der Waals surface area contributed by atoms with Crippen LogP contribution < -0.4 is 37.7 Å². The molecule has 0 radical (unpaired) electrons. The van der Waals surface area contributed by atoms with Gasteiger partial charge in [0.1, 0.15) is 0 Å². The molecule has 4 rings (SSSR count). The molecule has 0 N–H and O–H groups in total. The summed E-state index contributed by atoms with van der Waals surface area (Å²) in [5.74, 6) is 0. The van der Waals surface area contributed by atoms with Crippen LogP contribution in [0.2, 0.25) is 0 Å². The van der Waals surface area contributed by atoms with Crippen molar-refractivity contribution in [1.82, 2.24) is 0 Å². The molecule has 140 valence electrons. The minimum absolute atomic E-state index is 0. The summed E-state index contributed by atoms with van der Waals surface area (Å²) in [4.78, 5) is 0. The zero-order valence-electron chi connectivity index (χ0n) is 18.1. The normalized spacial score (nSPS) is 10.1. The van der Waals surface area contributed by atoms with Gasteiger partial charge in [-0.05, 0) is 11.1 Å². The van der Waals surface area contributed by atoms with Crippen LogP contribution in [0.25, 0.3) is 12.2 Å². The van der Waals surface area contributed by atoms with Crippen molar-refractivity contribution < 1.29 is 37.7 Å². The van der Waals surface area contributed by atoms with E-state index in [1.54, 1.807) is 0 Å². The van der Waals surface area contributed by atoms with Crippen LogP contribution in [0.4, 0.5) is 0 Å². The molecule has 4 aromatic carbocycles. The summed E-state index contributed by atoms with van der Waals surface area (Å²) in [5.41, 5.74) is 5.27. The summed E-state index contributed by atoms with van der Waals surface area (Å²) in [6.45, 7) is 0. The monoisotopic (exact) mass is 376 g/mol. The first-order valence-corrected chi connectivity index (χ1v) is 9.74. The molecule has 0 atom stereocenters. The third-order valence-corrected chi connectivity index (χ3v) is 4.39. The zero-order chi connectivity index (χ0) is 19.3. The predicted molar refractivity (Wildman–Crippen MR) is 122 cm³/mol. The molecule has 0 saturated carbocycles. The molecule has 0 spiro atoms. The number of hydrogen-bond acceptors (Lipinski definition) is 0. The molecule has 30 heavy (non-hydrogen) atoms. The molecule has 0 nitrogen and oxygen atoms in total. The topological polar surface area (TPSA) is 0 Å². The van der Waals surface area contributed by atoms with Crippen LogP contribution in [0.3, 0.4) is 0 Å². The van der Waals surface area contributed by atoms with E-state index in [1.807, 2.05) is 12.1 Å². The van der Waals surface area contributed by atoms with Crippen LogP contribution in [-0.2, 0) is 12.8 Å². The van der Waals surface area contributed by atoms with Gasteiger partial charge in [-0.25, -0.2) is 24.3 Å². The van der Waals surface area contributed by atoms with Crippen molar-refractivity contribution in [1.29, 1.82) is 0 Å². The predicted octanol–water partition coefficient (Wildman–Crippen LogP) is 1.33. The molecule has 0 saturated heterocycles. The van der Waals surface area contributed by atoms with Crippen LogP contribution in [0.15, 0.2) is 121 Å². The average Bonchev–Trinajstić information content (AvgIpc) is 3.45. The van der Waals surface area contributed by atoms with Crippen molar-refractivity contribution >= 4 is 12.2 Å². The van der Waals surface area contributed by atoms with Crippen molar-refractivity contribution in [2.75, 3.05) is 0 Å². The van der Waals surface area contributed by atoms with Gasteiger partial charge in [0, 0.05) is 0 Å². The van der Waals surface area contributed by atoms with E-state index in [4.69, 9.17) is 0 Å². The van der Waals surface area contributed by atoms with Crippen LogP contribution >= 0.6 is 0 Å². The van der Waals surface area contributed by atoms with Gasteiger partial charge in [0.25, 0.3) is 0 Å². The summed E-state index contributed by atoms with van der Waals surface area (Å²) < 4.78 is 0. The first-order valence-electron chi connectivity index (χ1n) is 9.74. The second-order valence-corrected chi connectivity index (χ2v) is 6.62. The fraction of sp³-hybridized carbons (Fsp3) is 0.0714. The maximum absolute atomic E-state index is 2.20. The van der Waals surface area contributed by atoms with Gasteiger partial charge in [-0.15, -0.1) is 0 Å². The minimum atomic E-state index is 0. The average molecular weight is 376 g/mol. The Morgan fingerprint density at radius 2 is 0.800 bits per heavy atom. The largest absolute Gasteiger partial charge is 1.00 e. The second-order valence-electron chi connectivity index (χ2n) is 6.62. The van der Waals surface area contributed by atoms with Crippen LogP contribution in [0.5, 0.6) is 0 Å². The molecule has 0 aliphatic heterocycles. The summed E-state index contributed by atoms with van der Waals surface area (Å²) in [5, 5.41) is 0. The van der Waals surface area contributed by atoms with Crippen molar-refractivity contribution in [3.8, 4) is 0 Å². The Balaban J connectivity index is 0.000000281. The van der Waals surface area contributed by atoms with Crippen LogP contribution in [-0.4, -0.2) is 0 Å². The van der Waals surface area contributed by atoms with Crippen molar-refractivity contribution in [3.05, 3.63) is 144 Å². The van der Waals surface area contributed by atoms with Crippen molar-refractivity contribution in [3.63, 3.8) is 0 Å². The van der Waals surface area contributed by atoms with E-state index in [2.05, 4.69) is 121 Å². The molecule has 0 aliphatic rings. The van der Waals surface area contributed by atoms with E-state index >= 15 is 0 Å². The van der Waals surface area contributed by atoms with Gasteiger partial charge in [-0.2, -0.15) is 35.4 Å². The molecule has 0 amide bonds. The number of rotatable bonds is 6. The van der Waals surface area contributed by atoms with Gasteiger partial charge in [0.15, 0.2) is 0 Å². The van der Waals surface area contributed by atoms with E-state index in [0.29, 0.717) is 0 Å². The first kappa shape index (κ1) is 25.9. The summed E-state index contributed by atoms with van der Waals surface area (Å²) in [6.07, 6.45) is 10.7. The number of hydrogen-bond donors (Lipinski definition) is 0. The minimum Gasteiger partial charge on any atom is -0.213 e. The molecular weight excluding hydrogens is 350 g/mol. The zero-order valence-corrected chi connectivity index (χ0v) is 18.1. The van der Waals surface area contributed by atoms with Gasteiger partial charge in [-0.3, -0.25) is 0 Å². The number of allylic oxidation sites excluding steroid dienone is 2. The van der Waals surface area contributed by atoms with E-state index in [0.717, 1.165) is 12.8 Å². The Morgan fingerprint density at radius 1 is 0.467 bits per heavy atom. The Labute approximate surface area is 205 Å². The third kappa shape index (κ3) is 10.0. The summed E-state index contributed by atoms with van der Waals surface area (Å²) in [7, 11) is 0. The maximum atomic E-state index is 2.20. The van der Waals surface area contributed by atoms with E-state index in [-0.39, 0.29) is 37.7 Å². The molecule has 0 bridgehead atoms. The Bertz CT molecular complexity index is 851. The molecule has 2 heteroatoms. The van der Waals surface area contributed by atoms with E-state index < -0.39 is 0 Å². The molecule has 0 heterocycles. The van der Waals surface area contributed by atoms with E-state index in [1.165, 1.54) is 22.3 Å². The SMILES string of the molecule is C(=Cc1ccccc1)C[c-]1cccc1.C(=Cc1ccccc1)C[c-]1cccc1.[Li+].[Li+]. The van der Waals surface area contributed by atoms with Crippen molar-refractivity contribution in [2.45, 2.75) is 12.8 Å². The summed E-state index contributed by atoms with van der Waals surface area (Å²) in [6, 6.07) is 37.6. The van der Waals surface area contributed by atoms with E-state index in [9.17, 15) is 0 Å². The van der Waals surface area contributed by atoms with Gasteiger partial charge < -0.3 is 0 Å². The van der Waals surface area contributed by atoms with Gasteiger partial charge in [0.2, 0.25) is 0 Å². The Kier molecular flexibility index (Phi) is 13.5. The molecule has 4 aromatic rings. The maximum Gasteiger partial charge on any atom is 1.00 e. The molecular formula is C28H26Li2. The quantitative estimate of drug-likeness (QED) is 0.352. The van der Waals surface area contributed by atoms with Crippen LogP contribution in [0, 0.1) is 0 Å². The van der Waals surface area contributed by atoms with Gasteiger partial charge in [-0.1, -0.05) is 97.8 Å².